The monoisotopic (exact) mass is 424 g/mol. The number of aromatic nitrogens is 1. The number of nitrogens with one attached hydrogen (secondary N) is 1. The summed E-state index contributed by atoms with van der Waals surface area (Å²) in [5.74, 6) is 0.472. The van der Waals surface area contributed by atoms with Crippen LogP contribution in [0.3, 0.4) is 0 Å². The Bertz CT molecular complexity index is 981. The van der Waals surface area contributed by atoms with Gasteiger partial charge in [-0.2, -0.15) is 0 Å². The molecule has 0 amide bonds. The number of thiophene rings is 1. The van der Waals surface area contributed by atoms with Crippen molar-refractivity contribution in [2.75, 3.05) is 5.32 Å². The number of fused-ring (bicyclic) bond motifs is 1. The van der Waals surface area contributed by atoms with E-state index in [-0.39, 0.29) is 5.82 Å². The zero-order chi connectivity index (χ0) is 17.6. The fraction of sp³-hybridized carbons (Fsp3) is 0.167. The number of hydrogen-bond donors (Lipinski definition) is 1. The molecule has 0 aliphatic rings. The molecule has 3 rings (SSSR count). The minimum Gasteiger partial charge on any atom is -0.339 e. The Hall–Kier alpha value is -1.43. The molecule has 0 saturated carbocycles. The minimum absolute atomic E-state index is 0.276. The summed E-state index contributed by atoms with van der Waals surface area (Å²) in [6.45, 7) is 10.1. The number of benzene rings is 1. The van der Waals surface area contributed by atoms with E-state index < -0.39 is 0 Å². The third kappa shape index (κ3) is 2.96. The summed E-state index contributed by atoms with van der Waals surface area (Å²) in [5.41, 5.74) is 3.72. The van der Waals surface area contributed by atoms with Gasteiger partial charge in [0.2, 0.25) is 0 Å². The van der Waals surface area contributed by atoms with Crippen LogP contribution in [0.25, 0.3) is 15.8 Å². The normalized spacial score (nSPS) is 11.1. The molecule has 0 unspecified atom stereocenters. The van der Waals surface area contributed by atoms with Gasteiger partial charge in [-0.1, -0.05) is 18.2 Å². The fourth-order valence-electron chi connectivity index (χ4n) is 2.47. The second-order valence-electron chi connectivity index (χ2n) is 5.60. The first-order valence-electron chi connectivity index (χ1n) is 7.26. The Labute approximate surface area is 157 Å². The highest BCUT2D eigenvalue weighted by Crippen LogP contribution is 2.39. The van der Waals surface area contributed by atoms with Crippen LogP contribution in [-0.4, -0.2) is 4.98 Å². The van der Waals surface area contributed by atoms with E-state index in [1.807, 2.05) is 20.8 Å². The van der Waals surface area contributed by atoms with Gasteiger partial charge in [-0.3, -0.25) is 0 Å². The van der Waals surface area contributed by atoms with Gasteiger partial charge < -0.3 is 5.32 Å². The van der Waals surface area contributed by atoms with Gasteiger partial charge in [-0.15, -0.1) is 11.3 Å². The van der Waals surface area contributed by atoms with Gasteiger partial charge in [0.1, 0.15) is 11.6 Å². The Kier molecular flexibility index (Phi) is 4.69. The molecule has 0 atom stereocenters. The lowest BCUT2D eigenvalue weighted by atomic mass is 10.1. The highest BCUT2D eigenvalue weighted by atomic mass is 79.9. The van der Waals surface area contributed by atoms with Crippen molar-refractivity contribution in [2.24, 2.45) is 0 Å². The predicted molar refractivity (Wildman–Crippen MR) is 106 cm³/mol. The highest BCUT2D eigenvalue weighted by molar-refractivity contribution is 9.10. The first-order chi connectivity index (χ1) is 11.3. The van der Waals surface area contributed by atoms with Crippen LogP contribution >= 0.6 is 38.9 Å². The summed E-state index contributed by atoms with van der Waals surface area (Å²) in [6.07, 6.45) is 0. The van der Waals surface area contributed by atoms with Crippen molar-refractivity contribution in [3.8, 4) is 0 Å². The van der Waals surface area contributed by atoms with Crippen LogP contribution in [0.1, 0.15) is 21.7 Å². The largest absolute Gasteiger partial charge is 0.339 e. The van der Waals surface area contributed by atoms with Crippen molar-refractivity contribution in [1.82, 2.24) is 4.98 Å². The van der Waals surface area contributed by atoms with Crippen LogP contribution in [0.4, 0.5) is 10.2 Å². The second-order valence-corrected chi connectivity index (χ2v) is 7.82. The molecule has 0 aliphatic heterocycles. The molecule has 0 fully saturated rings. The fourth-order valence-corrected chi connectivity index (χ4v) is 4.35. The number of hydrogen-bond acceptors (Lipinski definition) is 3. The third-order valence-corrected chi connectivity index (χ3v) is 6.86. The van der Waals surface area contributed by atoms with Crippen LogP contribution in [-0.2, 0) is 0 Å². The molecule has 124 valence electrons. The molecule has 2 nitrogen and oxygen atoms in total. The molecule has 6 heteroatoms. The van der Waals surface area contributed by atoms with Crippen LogP contribution < -0.4 is 5.32 Å². The van der Waals surface area contributed by atoms with E-state index in [0.29, 0.717) is 10.7 Å². The quantitative estimate of drug-likeness (QED) is 0.496. The minimum atomic E-state index is -0.276. The van der Waals surface area contributed by atoms with Gasteiger partial charge in [0.25, 0.3) is 0 Å². The Morgan fingerprint density at radius 3 is 2.71 bits per heavy atom. The first-order valence-corrected chi connectivity index (χ1v) is 9.25. The van der Waals surface area contributed by atoms with E-state index in [2.05, 4.69) is 32.8 Å². The summed E-state index contributed by atoms with van der Waals surface area (Å²) in [4.78, 5) is 5.37. The molecule has 0 bridgehead atoms. The maximum atomic E-state index is 13.4. The van der Waals surface area contributed by atoms with E-state index in [1.54, 1.807) is 6.07 Å². The van der Waals surface area contributed by atoms with Gasteiger partial charge in [0.05, 0.1) is 21.3 Å². The molecule has 2 heterocycles. The maximum absolute atomic E-state index is 13.4. The van der Waals surface area contributed by atoms with Crippen molar-refractivity contribution in [1.29, 1.82) is 0 Å². The number of pyridine rings is 1. The molecular formula is C18H15BrClFN2S. The highest BCUT2D eigenvalue weighted by Gasteiger charge is 2.16. The van der Waals surface area contributed by atoms with Crippen molar-refractivity contribution in [2.45, 2.75) is 20.8 Å². The van der Waals surface area contributed by atoms with Gasteiger partial charge in [-0.25, -0.2) is 9.37 Å². The number of aryl methyl sites for hydroxylation is 1. The molecule has 0 saturated heterocycles. The molecule has 3 aromatic rings. The van der Waals surface area contributed by atoms with Crippen LogP contribution in [0.2, 0.25) is 5.02 Å². The van der Waals surface area contributed by atoms with E-state index in [1.165, 1.54) is 23.5 Å². The standard InChI is InChI=1S/C18H15BrClFN2S/c1-8-9(2)18(22-10(3)15(8)19)23-11(4)17-16(20)13-6-5-12(21)7-14(13)24-17/h5-7H,4H2,1-3H3,(H,22,23). The predicted octanol–water partition coefficient (Wildman–Crippen LogP) is 6.86. The number of nitrogens with zero attached hydrogens (tertiary/aromatic N) is 1. The number of rotatable bonds is 3. The first kappa shape index (κ1) is 17.4. The van der Waals surface area contributed by atoms with E-state index in [9.17, 15) is 4.39 Å². The molecule has 0 radical (unpaired) electrons. The molecule has 1 aromatic carbocycles. The summed E-state index contributed by atoms with van der Waals surface area (Å²) < 4.78 is 15.2. The van der Waals surface area contributed by atoms with Crippen molar-refractivity contribution >= 4 is 60.5 Å². The van der Waals surface area contributed by atoms with Gasteiger partial charge in [0.15, 0.2) is 0 Å². The average Bonchev–Trinajstić information content (AvgIpc) is 2.86. The van der Waals surface area contributed by atoms with Crippen molar-refractivity contribution in [3.63, 3.8) is 0 Å². The Morgan fingerprint density at radius 2 is 2.00 bits per heavy atom. The van der Waals surface area contributed by atoms with E-state index in [0.717, 1.165) is 42.1 Å². The van der Waals surface area contributed by atoms with Crippen LogP contribution in [0.5, 0.6) is 0 Å². The van der Waals surface area contributed by atoms with Crippen LogP contribution in [0.15, 0.2) is 29.3 Å². The van der Waals surface area contributed by atoms with Gasteiger partial charge in [0, 0.05) is 14.6 Å². The summed E-state index contributed by atoms with van der Waals surface area (Å²) >= 11 is 11.4. The molecular weight excluding hydrogens is 411 g/mol. The SMILES string of the molecule is C=C(Nc1nc(C)c(Br)c(C)c1C)c1sc2cc(F)ccc2c1Cl. The lowest BCUT2D eigenvalue weighted by Crippen LogP contribution is -2.04. The van der Waals surface area contributed by atoms with E-state index >= 15 is 0 Å². The zero-order valence-electron chi connectivity index (χ0n) is 13.4. The molecule has 0 aliphatic carbocycles. The van der Waals surface area contributed by atoms with E-state index in [4.69, 9.17) is 11.6 Å². The number of halogens is 3. The molecule has 2 aromatic heterocycles. The van der Waals surface area contributed by atoms with Crippen molar-refractivity contribution < 1.29 is 4.39 Å². The van der Waals surface area contributed by atoms with Gasteiger partial charge >= 0.3 is 0 Å². The average molecular weight is 426 g/mol. The lowest BCUT2D eigenvalue weighted by Gasteiger charge is -2.15. The summed E-state index contributed by atoms with van der Waals surface area (Å²) in [7, 11) is 0. The van der Waals surface area contributed by atoms with Gasteiger partial charge in [-0.05, 0) is 66.0 Å². The molecule has 1 N–H and O–H groups in total. The zero-order valence-corrected chi connectivity index (χ0v) is 16.6. The summed E-state index contributed by atoms with van der Waals surface area (Å²) in [5, 5.41) is 4.66. The summed E-state index contributed by atoms with van der Waals surface area (Å²) in [6, 6.07) is 4.59. The molecule has 0 spiro atoms. The Balaban J connectivity index is 2.01. The Morgan fingerprint density at radius 1 is 1.29 bits per heavy atom. The maximum Gasteiger partial charge on any atom is 0.133 e. The molecule has 24 heavy (non-hydrogen) atoms. The van der Waals surface area contributed by atoms with Crippen LogP contribution in [0, 0.1) is 26.6 Å². The second kappa shape index (κ2) is 6.47. The van der Waals surface area contributed by atoms with Crippen molar-refractivity contribution in [3.05, 3.63) is 61.8 Å². The third-order valence-electron chi connectivity index (χ3n) is 3.98. The smallest absolute Gasteiger partial charge is 0.133 e. The topological polar surface area (TPSA) is 24.9 Å². The lowest BCUT2D eigenvalue weighted by molar-refractivity contribution is 0.630. The number of anilines is 1.